The Morgan fingerprint density at radius 3 is 2.60 bits per heavy atom. The van der Waals surface area contributed by atoms with Gasteiger partial charge in [-0.25, -0.2) is 9.78 Å². The van der Waals surface area contributed by atoms with Crippen molar-refractivity contribution >= 4 is 12.2 Å². The third-order valence-corrected chi connectivity index (χ3v) is 2.97. The molecule has 0 saturated carbocycles. The number of hydrogen-bond acceptors (Lipinski definition) is 5. The number of nitrogens with zero attached hydrogens (tertiary/aromatic N) is 3. The Kier molecular flexibility index (Phi) is 4.17. The van der Waals surface area contributed by atoms with Gasteiger partial charge in [-0.2, -0.15) is 5.10 Å². The van der Waals surface area contributed by atoms with Gasteiger partial charge in [0.05, 0.1) is 5.69 Å². The molecular formula is C13H18N4O2S. The van der Waals surface area contributed by atoms with Crippen LogP contribution < -0.4 is 5.56 Å². The second-order valence-corrected chi connectivity index (χ2v) is 5.81. The minimum atomic E-state index is -0.214. The van der Waals surface area contributed by atoms with Gasteiger partial charge in [0.15, 0.2) is 0 Å². The lowest BCUT2D eigenvalue weighted by Gasteiger charge is -2.12. The van der Waals surface area contributed by atoms with Crippen LogP contribution in [0.15, 0.2) is 15.3 Å². The van der Waals surface area contributed by atoms with Crippen molar-refractivity contribution in [3.05, 3.63) is 27.0 Å². The summed E-state index contributed by atoms with van der Waals surface area (Å²) in [6.45, 7) is 8.68. The van der Waals surface area contributed by atoms with Crippen LogP contribution in [0.5, 0.6) is 0 Å². The molecule has 0 aliphatic rings. The van der Waals surface area contributed by atoms with E-state index in [0.29, 0.717) is 18.0 Å². The summed E-state index contributed by atoms with van der Waals surface area (Å²) in [5.41, 5.74) is 0.995. The lowest BCUT2D eigenvalue weighted by molar-refractivity contribution is 0.454. The van der Waals surface area contributed by atoms with Gasteiger partial charge in [0.2, 0.25) is 0 Å². The molecule has 0 aliphatic carbocycles. The highest BCUT2D eigenvalue weighted by atomic mass is 32.1. The molecule has 2 heterocycles. The molecule has 0 amide bonds. The Bertz CT molecular complexity index is 712. The topological polar surface area (TPSA) is 76.7 Å². The van der Waals surface area contributed by atoms with Gasteiger partial charge >= 0.3 is 0 Å². The molecule has 0 fully saturated rings. The molecule has 0 aliphatic heterocycles. The first-order valence-electron chi connectivity index (χ1n) is 6.56. The molecule has 0 atom stereocenters. The summed E-state index contributed by atoms with van der Waals surface area (Å²) in [7, 11) is 0. The minimum absolute atomic E-state index is 0.151. The van der Waals surface area contributed by atoms with E-state index >= 15 is 0 Å². The summed E-state index contributed by atoms with van der Waals surface area (Å²) in [6.07, 6.45) is 0. The molecule has 2 rings (SSSR count). The van der Waals surface area contributed by atoms with Crippen LogP contribution in [0, 0.1) is 10.8 Å². The van der Waals surface area contributed by atoms with E-state index in [2.05, 4.69) is 15.3 Å². The highest BCUT2D eigenvalue weighted by Gasteiger charge is 2.16. The van der Waals surface area contributed by atoms with Crippen LogP contribution in [0.3, 0.4) is 0 Å². The number of aromatic nitrogens is 4. The molecule has 0 unspecified atom stereocenters. The van der Waals surface area contributed by atoms with Crippen LogP contribution in [0.4, 0.5) is 0 Å². The maximum absolute atomic E-state index is 12.4. The quantitative estimate of drug-likeness (QED) is 0.877. The van der Waals surface area contributed by atoms with Gasteiger partial charge in [0, 0.05) is 6.54 Å². The highest BCUT2D eigenvalue weighted by Crippen LogP contribution is 2.17. The molecule has 0 spiro atoms. The van der Waals surface area contributed by atoms with E-state index in [1.807, 2.05) is 27.7 Å². The third-order valence-electron chi connectivity index (χ3n) is 2.79. The van der Waals surface area contributed by atoms with Gasteiger partial charge in [-0.1, -0.05) is 27.7 Å². The van der Waals surface area contributed by atoms with Gasteiger partial charge in [-0.3, -0.25) is 4.79 Å². The van der Waals surface area contributed by atoms with Crippen molar-refractivity contribution in [2.75, 3.05) is 0 Å². The zero-order chi connectivity index (χ0) is 14.9. The van der Waals surface area contributed by atoms with Crippen molar-refractivity contribution in [3.8, 4) is 11.5 Å². The second kappa shape index (κ2) is 5.70. The highest BCUT2D eigenvalue weighted by molar-refractivity contribution is 7.71. The second-order valence-electron chi connectivity index (χ2n) is 5.44. The lowest BCUT2D eigenvalue weighted by atomic mass is 10.1. The molecule has 108 valence electrons. The van der Waals surface area contributed by atoms with E-state index in [4.69, 9.17) is 16.6 Å². The Morgan fingerprint density at radius 2 is 2.10 bits per heavy atom. The smallest absolute Gasteiger partial charge is 0.284 e. The van der Waals surface area contributed by atoms with Crippen molar-refractivity contribution in [3.63, 3.8) is 0 Å². The fraction of sp³-hybridized carbons (Fsp3) is 0.538. The molecule has 2 aromatic rings. The Morgan fingerprint density at radius 1 is 1.40 bits per heavy atom. The monoisotopic (exact) mass is 294 g/mol. The van der Waals surface area contributed by atoms with Crippen molar-refractivity contribution in [2.45, 2.75) is 40.2 Å². The Labute approximate surface area is 121 Å². The molecule has 7 heteroatoms. The average Bonchev–Trinajstić information content (AvgIpc) is 2.77. The van der Waals surface area contributed by atoms with Crippen LogP contribution >= 0.6 is 12.2 Å². The predicted molar refractivity (Wildman–Crippen MR) is 78.1 cm³/mol. The van der Waals surface area contributed by atoms with Gasteiger partial charge in [-0.15, -0.1) is 5.10 Å². The van der Waals surface area contributed by atoms with Gasteiger partial charge in [0.25, 0.3) is 16.3 Å². The molecular weight excluding hydrogens is 276 g/mol. The van der Waals surface area contributed by atoms with E-state index in [1.165, 1.54) is 4.68 Å². The summed E-state index contributed by atoms with van der Waals surface area (Å²) in [5, 5.41) is 10.9. The number of nitrogens with one attached hydrogen (secondary N) is 1. The van der Waals surface area contributed by atoms with Crippen molar-refractivity contribution in [1.82, 2.24) is 20.0 Å². The normalized spacial score (nSPS) is 11.5. The van der Waals surface area contributed by atoms with Crippen LogP contribution in [0.25, 0.3) is 11.5 Å². The zero-order valence-electron chi connectivity index (χ0n) is 12.0. The summed E-state index contributed by atoms with van der Waals surface area (Å²) in [5.74, 6) is 0.734. The fourth-order valence-corrected chi connectivity index (χ4v) is 1.94. The Balaban J connectivity index is 2.63. The van der Waals surface area contributed by atoms with Gasteiger partial charge in [0.1, 0.15) is 5.56 Å². The summed E-state index contributed by atoms with van der Waals surface area (Å²) >= 11 is 4.85. The summed E-state index contributed by atoms with van der Waals surface area (Å²) in [6, 6.07) is 1.72. The molecule has 0 saturated heterocycles. The average molecular weight is 294 g/mol. The standard InChI is InChI=1S/C13H18N4O2S/c1-7(2)6-17-12(18)9(5-10(16-17)8(3)4)11-14-15-13(20)19-11/h5,7-8H,6H2,1-4H3,(H,15,20). The number of rotatable bonds is 4. The van der Waals surface area contributed by atoms with Gasteiger partial charge < -0.3 is 4.42 Å². The SMILES string of the molecule is CC(C)Cn1nc(C(C)C)cc(-c2n[nH]c(=S)o2)c1=O. The molecule has 20 heavy (non-hydrogen) atoms. The van der Waals surface area contributed by atoms with Crippen molar-refractivity contribution in [2.24, 2.45) is 5.92 Å². The minimum Gasteiger partial charge on any atom is -0.409 e. The first kappa shape index (κ1) is 14.6. The van der Waals surface area contributed by atoms with E-state index in [9.17, 15) is 4.79 Å². The summed E-state index contributed by atoms with van der Waals surface area (Å²) in [4.78, 5) is 12.6. The molecule has 0 bridgehead atoms. The van der Waals surface area contributed by atoms with E-state index < -0.39 is 0 Å². The molecule has 0 aromatic carbocycles. The molecule has 0 radical (unpaired) electrons. The number of hydrogen-bond donors (Lipinski definition) is 1. The Hall–Kier alpha value is -1.76. The maximum atomic E-state index is 12.4. The number of aromatic amines is 1. The molecule has 1 N–H and O–H groups in total. The largest absolute Gasteiger partial charge is 0.409 e. The van der Waals surface area contributed by atoms with Crippen LogP contribution in [-0.4, -0.2) is 20.0 Å². The van der Waals surface area contributed by atoms with E-state index in [1.54, 1.807) is 6.07 Å². The predicted octanol–water partition coefficient (Wildman–Crippen LogP) is 2.74. The number of H-pyrrole nitrogens is 1. The van der Waals surface area contributed by atoms with Crippen molar-refractivity contribution in [1.29, 1.82) is 0 Å². The van der Waals surface area contributed by atoms with E-state index in [-0.39, 0.29) is 22.2 Å². The van der Waals surface area contributed by atoms with Crippen LogP contribution in [-0.2, 0) is 6.54 Å². The zero-order valence-corrected chi connectivity index (χ0v) is 12.8. The van der Waals surface area contributed by atoms with Gasteiger partial charge in [-0.05, 0) is 30.1 Å². The van der Waals surface area contributed by atoms with E-state index in [0.717, 1.165) is 5.69 Å². The lowest BCUT2D eigenvalue weighted by Crippen LogP contribution is -2.28. The van der Waals surface area contributed by atoms with Crippen LogP contribution in [0.1, 0.15) is 39.3 Å². The first-order chi connectivity index (χ1) is 9.38. The first-order valence-corrected chi connectivity index (χ1v) is 6.97. The maximum Gasteiger partial charge on any atom is 0.284 e. The third kappa shape index (κ3) is 3.04. The van der Waals surface area contributed by atoms with Crippen LogP contribution in [0.2, 0.25) is 0 Å². The molecule has 2 aromatic heterocycles. The summed E-state index contributed by atoms with van der Waals surface area (Å²) < 4.78 is 6.73. The fourth-order valence-electron chi connectivity index (χ4n) is 1.81. The molecule has 6 nitrogen and oxygen atoms in total. The van der Waals surface area contributed by atoms with Crippen molar-refractivity contribution < 1.29 is 4.42 Å².